The van der Waals surface area contributed by atoms with Crippen molar-refractivity contribution in [3.05, 3.63) is 53.2 Å². The molecule has 6 heteroatoms. The number of hydrogen-bond acceptors (Lipinski definition) is 6. The molecule has 1 spiro atoms. The number of nitrogens with zero attached hydrogens (tertiary/aromatic N) is 4. The van der Waals surface area contributed by atoms with Crippen molar-refractivity contribution in [3.63, 3.8) is 0 Å². The molecule has 1 saturated heterocycles. The average Bonchev–Trinajstić information content (AvgIpc) is 3.25. The first kappa shape index (κ1) is 17.1. The summed E-state index contributed by atoms with van der Waals surface area (Å²) in [5, 5.41) is 14.6. The standard InChI is InChI=1S/C21H24N4OS/c1-24(2)17-14-5-3-4-6-16(14)21(18(17)26)8-10-25(11-9-21)19-15-7-12-27-20(15)23-13-22-19/h3-7,12-13,17-18,26H,8-11H2,1-2H3/t17-,18+/m0/s1. The van der Waals surface area contributed by atoms with E-state index in [1.54, 1.807) is 17.7 Å². The molecule has 0 saturated carbocycles. The van der Waals surface area contributed by atoms with Gasteiger partial charge in [-0.1, -0.05) is 24.3 Å². The molecule has 1 aromatic carbocycles. The van der Waals surface area contributed by atoms with Gasteiger partial charge in [0.25, 0.3) is 0 Å². The van der Waals surface area contributed by atoms with Gasteiger partial charge in [-0.25, -0.2) is 9.97 Å². The normalized spacial score (nSPS) is 24.1. The molecule has 5 rings (SSSR count). The largest absolute Gasteiger partial charge is 0.390 e. The molecule has 1 N–H and O–H groups in total. The minimum Gasteiger partial charge on any atom is -0.390 e. The maximum Gasteiger partial charge on any atom is 0.140 e. The molecule has 0 amide bonds. The van der Waals surface area contributed by atoms with E-state index in [2.05, 4.69) is 69.6 Å². The van der Waals surface area contributed by atoms with E-state index in [1.807, 2.05) is 0 Å². The Labute approximate surface area is 163 Å². The monoisotopic (exact) mass is 380 g/mol. The van der Waals surface area contributed by atoms with E-state index in [1.165, 1.54) is 11.1 Å². The van der Waals surface area contributed by atoms with Gasteiger partial charge in [-0.15, -0.1) is 11.3 Å². The van der Waals surface area contributed by atoms with Gasteiger partial charge in [0, 0.05) is 18.5 Å². The number of thiophene rings is 1. The van der Waals surface area contributed by atoms with Crippen LogP contribution in [0.1, 0.15) is 30.0 Å². The van der Waals surface area contributed by atoms with E-state index in [-0.39, 0.29) is 17.6 Å². The summed E-state index contributed by atoms with van der Waals surface area (Å²) in [6, 6.07) is 10.8. The first-order chi connectivity index (χ1) is 13.1. The number of aliphatic hydroxyl groups is 1. The van der Waals surface area contributed by atoms with Gasteiger partial charge < -0.3 is 14.9 Å². The Balaban J connectivity index is 1.48. The quantitative estimate of drug-likeness (QED) is 0.740. The Morgan fingerprint density at radius 1 is 1.15 bits per heavy atom. The zero-order valence-corrected chi connectivity index (χ0v) is 16.5. The number of benzene rings is 1. The summed E-state index contributed by atoms with van der Waals surface area (Å²) in [5.74, 6) is 1.03. The van der Waals surface area contributed by atoms with Crippen molar-refractivity contribution in [2.24, 2.45) is 0 Å². The molecular weight excluding hydrogens is 356 g/mol. The van der Waals surface area contributed by atoms with E-state index < -0.39 is 0 Å². The highest BCUT2D eigenvalue weighted by Crippen LogP contribution is 2.52. The summed E-state index contributed by atoms with van der Waals surface area (Å²) in [5.41, 5.74) is 2.45. The highest BCUT2D eigenvalue weighted by molar-refractivity contribution is 7.16. The van der Waals surface area contributed by atoms with E-state index in [9.17, 15) is 5.11 Å². The van der Waals surface area contributed by atoms with Crippen molar-refractivity contribution < 1.29 is 5.11 Å². The summed E-state index contributed by atoms with van der Waals surface area (Å²) in [7, 11) is 4.13. The highest BCUT2D eigenvalue weighted by atomic mass is 32.1. The van der Waals surface area contributed by atoms with Crippen LogP contribution in [0.25, 0.3) is 10.2 Å². The molecule has 2 aromatic heterocycles. The highest BCUT2D eigenvalue weighted by Gasteiger charge is 2.53. The number of piperidine rings is 1. The summed E-state index contributed by atoms with van der Waals surface area (Å²) in [6.07, 6.45) is 3.16. The molecule has 2 aliphatic rings. The summed E-state index contributed by atoms with van der Waals surface area (Å²) in [6.45, 7) is 1.79. The smallest absolute Gasteiger partial charge is 0.140 e. The Morgan fingerprint density at radius 2 is 1.93 bits per heavy atom. The number of anilines is 1. The van der Waals surface area contributed by atoms with Gasteiger partial charge in [0.2, 0.25) is 0 Å². The molecule has 140 valence electrons. The van der Waals surface area contributed by atoms with Crippen LogP contribution in [0.5, 0.6) is 0 Å². The fourth-order valence-electron chi connectivity index (χ4n) is 5.11. The lowest BCUT2D eigenvalue weighted by Gasteiger charge is -2.43. The molecule has 1 fully saturated rings. The lowest BCUT2D eigenvalue weighted by molar-refractivity contribution is 0.0166. The average molecular weight is 381 g/mol. The van der Waals surface area contributed by atoms with Crippen molar-refractivity contribution in [1.29, 1.82) is 0 Å². The number of hydrogen-bond donors (Lipinski definition) is 1. The van der Waals surface area contributed by atoms with Crippen molar-refractivity contribution in [3.8, 4) is 0 Å². The fourth-order valence-corrected chi connectivity index (χ4v) is 5.84. The maximum absolute atomic E-state index is 11.4. The van der Waals surface area contributed by atoms with Crippen LogP contribution in [0.3, 0.4) is 0 Å². The Kier molecular flexibility index (Phi) is 3.96. The molecule has 3 heterocycles. The van der Waals surface area contributed by atoms with Gasteiger partial charge in [0.05, 0.1) is 17.5 Å². The van der Waals surface area contributed by atoms with E-state index >= 15 is 0 Å². The van der Waals surface area contributed by atoms with Gasteiger partial charge in [-0.05, 0) is 49.5 Å². The van der Waals surface area contributed by atoms with Crippen LogP contribution in [0.2, 0.25) is 0 Å². The molecule has 1 aliphatic carbocycles. The molecule has 0 unspecified atom stereocenters. The molecule has 27 heavy (non-hydrogen) atoms. The van der Waals surface area contributed by atoms with Crippen LogP contribution in [0.4, 0.5) is 5.82 Å². The lowest BCUT2D eigenvalue weighted by atomic mass is 9.72. The van der Waals surface area contributed by atoms with Gasteiger partial charge in [0.15, 0.2) is 0 Å². The minimum atomic E-state index is -0.376. The van der Waals surface area contributed by atoms with Crippen molar-refractivity contribution in [2.75, 3.05) is 32.1 Å². The van der Waals surface area contributed by atoms with Crippen LogP contribution < -0.4 is 4.90 Å². The second kappa shape index (κ2) is 6.26. The third-order valence-electron chi connectivity index (χ3n) is 6.43. The topological polar surface area (TPSA) is 52.5 Å². The molecule has 0 bridgehead atoms. The minimum absolute atomic E-state index is 0.0652. The van der Waals surface area contributed by atoms with Gasteiger partial charge in [0.1, 0.15) is 17.0 Å². The van der Waals surface area contributed by atoms with Crippen LogP contribution in [0.15, 0.2) is 42.0 Å². The van der Waals surface area contributed by atoms with Crippen molar-refractivity contribution in [2.45, 2.75) is 30.4 Å². The Morgan fingerprint density at radius 3 is 2.70 bits per heavy atom. The second-order valence-corrected chi connectivity index (χ2v) is 8.81. The predicted molar refractivity (Wildman–Crippen MR) is 109 cm³/mol. The Hall–Kier alpha value is -2.02. The zero-order chi connectivity index (χ0) is 18.6. The molecule has 0 radical (unpaired) electrons. The third-order valence-corrected chi connectivity index (χ3v) is 7.25. The van der Waals surface area contributed by atoms with Gasteiger partial charge in [-0.3, -0.25) is 0 Å². The van der Waals surface area contributed by atoms with Crippen LogP contribution >= 0.6 is 11.3 Å². The molecule has 2 atom stereocenters. The summed E-state index contributed by atoms with van der Waals surface area (Å²) in [4.78, 5) is 14.5. The lowest BCUT2D eigenvalue weighted by Crippen LogP contribution is -2.49. The number of aliphatic hydroxyl groups excluding tert-OH is 1. The van der Waals surface area contributed by atoms with Gasteiger partial charge in [-0.2, -0.15) is 0 Å². The molecule has 3 aromatic rings. The van der Waals surface area contributed by atoms with Crippen molar-refractivity contribution >= 4 is 27.4 Å². The first-order valence-electron chi connectivity index (χ1n) is 9.49. The van der Waals surface area contributed by atoms with Crippen LogP contribution in [0, 0.1) is 0 Å². The fraction of sp³-hybridized carbons (Fsp3) is 0.429. The maximum atomic E-state index is 11.4. The first-order valence-corrected chi connectivity index (χ1v) is 10.4. The molecular formula is C21H24N4OS. The van der Waals surface area contributed by atoms with Gasteiger partial charge >= 0.3 is 0 Å². The van der Waals surface area contributed by atoms with Crippen LogP contribution in [-0.4, -0.2) is 53.3 Å². The predicted octanol–water partition coefficient (Wildman–Crippen LogP) is 3.21. The summed E-state index contributed by atoms with van der Waals surface area (Å²) >= 11 is 1.66. The number of aromatic nitrogens is 2. The molecule has 5 nitrogen and oxygen atoms in total. The SMILES string of the molecule is CN(C)[C@H]1c2ccccc2C2(CCN(c3ncnc4sccc34)CC2)[C@@H]1O. The second-order valence-electron chi connectivity index (χ2n) is 7.92. The molecule has 1 aliphatic heterocycles. The van der Waals surface area contributed by atoms with E-state index in [4.69, 9.17) is 0 Å². The number of likely N-dealkylation sites (N-methyl/N-ethyl adjacent to an activating group) is 1. The third kappa shape index (κ3) is 2.43. The summed E-state index contributed by atoms with van der Waals surface area (Å²) < 4.78 is 0. The van der Waals surface area contributed by atoms with E-state index in [0.29, 0.717) is 0 Å². The zero-order valence-electron chi connectivity index (χ0n) is 15.7. The van der Waals surface area contributed by atoms with Crippen LogP contribution in [-0.2, 0) is 5.41 Å². The van der Waals surface area contributed by atoms with Crippen molar-refractivity contribution in [1.82, 2.24) is 14.9 Å². The number of fused-ring (bicyclic) bond motifs is 3. The van der Waals surface area contributed by atoms with E-state index in [0.717, 1.165) is 42.0 Å². The Bertz CT molecular complexity index is 977. The number of rotatable bonds is 2.